The van der Waals surface area contributed by atoms with Crippen LogP contribution in [0.1, 0.15) is 21.5 Å². The lowest BCUT2D eigenvalue weighted by atomic mass is 10.00. The van der Waals surface area contributed by atoms with Crippen LogP contribution in [0.3, 0.4) is 0 Å². The second-order valence-corrected chi connectivity index (χ2v) is 6.83. The number of hydrogen-bond donors (Lipinski definition) is 1. The van der Waals surface area contributed by atoms with Crippen LogP contribution in [0.2, 0.25) is 0 Å². The summed E-state index contributed by atoms with van der Waals surface area (Å²) in [4.78, 5) is 24.8. The monoisotopic (exact) mass is 423 g/mol. The molecule has 1 amide bonds. The normalized spacial score (nSPS) is 14.2. The zero-order valence-electron chi connectivity index (χ0n) is 16.8. The van der Waals surface area contributed by atoms with Gasteiger partial charge in [-0.25, -0.2) is 4.79 Å². The fraction of sp³-hybridized carbons (Fsp3) is 0.0400. The molecule has 0 saturated heterocycles. The number of nitrogens with zero attached hydrogens (tertiary/aromatic N) is 3. The number of amides is 1. The Kier molecular flexibility index (Phi) is 5.77. The SMILES string of the molecule is N#CCOc1ccccc1/C=C1\C(=O)N(c2cccc(C(=O)O)c2)N=C1c1ccccc1. The van der Waals surface area contributed by atoms with Crippen molar-refractivity contribution in [1.29, 1.82) is 5.26 Å². The lowest BCUT2D eigenvalue weighted by Gasteiger charge is -2.12. The van der Waals surface area contributed by atoms with E-state index in [0.717, 1.165) is 5.56 Å². The van der Waals surface area contributed by atoms with E-state index in [1.807, 2.05) is 36.4 Å². The second kappa shape index (κ2) is 8.98. The summed E-state index contributed by atoms with van der Waals surface area (Å²) in [6.07, 6.45) is 1.67. The topological polar surface area (TPSA) is 103 Å². The molecule has 0 unspecified atom stereocenters. The van der Waals surface area contributed by atoms with E-state index in [2.05, 4.69) is 5.10 Å². The minimum Gasteiger partial charge on any atom is -0.478 e. The van der Waals surface area contributed by atoms with Crippen molar-refractivity contribution in [2.24, 2.45) is 5.10 Å². The molecule has 32 heavy (non-hydrogen) atoms. The Morgan fingerprint density at radius 1 is 1.06 bits per heavy atom. The number of carboxylic acids is 1. The van der Waals surface area contributed by atoms with E-state index >= 15 is 0 Å². The van der Waals surface area contributed by atoms with Crippen LogP contribution in [0.25, 0.3) is 6.08 Å². The molecule has 1 heterocycles. The number of rotatable bonds is 6. The summed E-state index contributed by atoms with van der Waals surface area (Å²) in [6.45, 7) is -0.123. The molecule has 1 aliphatic heterocycles. The van der Waals surface area contributed by atoms with Gasteiger partial charge in [-0.3, -0.25) is 4.79 Å². The smallest absolute Gasteiger partial charge is 0.335 e. The molecule has 0 aliphatic carbocycles. The number of carbonyl (C=O) groups excluding carboxylic acids is 1. The van der Waals surface area contributed by atoms with Crippen LogP contribution < -0.4 is 9.75 Å². The summed E-state index contributed by atoms with van der Waals surface area (Å²) in [7, 11) is 0. The van der Waals surface area contributed by atoms with Gasteiger partial charge in [-0.15, -0.1) is 0 Å². The predicted molar refractivity (Wildman–Crippen MR) is 119 cm³/mol. The Morgan fingerprint density at radius 2 is 1.81 bits per heavy atom. The molecule has 3 aromatic carbocycles. The van der Waals surface area contributed by atoms with Gasteiger partial charge in [0, 0.05) is 11.1 Å². The first-order valence-corrected chi connectivity index (χ1v) is 9.71. The maximum Gasteiger partial charge on any atom is 0.335 e. The Hall–Kier alpha value is -4.70. The van der Waals surface area contributed by atoms with Crippen molar-refractivity contribution in [3.05, 3.63) is 101 Å². The Labute approximate surface area is 184 Å². The number of hydrogen-bond acceptors (Lipinski definition) is 5. The number of carbonyl (C=O) groups is 2. The van der Waals surface area contributed by atoms with Crippen LogP contribution in [0, 0.1) is 11.3 Å². The molecule has 7 heteroatoms. The van der Waals surface area contributed by atoms with Crippen molar-refractivity contribution in [3.63, 3.8) is 0 Å². The van der Waals surface area contributed by atoms with Crippen molar-refractivity contribution in [1.82, 2.24) is 0 Å². The van der Waals surface area contributed by atoms with E-state index in [1.54, 1.807) is 42.5 Å². The Morgan fingerprint density at radius 3 is 2.56 bits per heavy atom. The van der Waals surface area contributed by atoms with Crippen LogP contribution in [0.4, 0.5) is 5.69 Å². The highest BCUT2D eigenvalue weighted by Crippen LogP contribution is 2.30. The number of hydrazone groups is 1. The molecule has 0 radical (unpaired) electrons. The highest BCUT2D eigenvalue weighted by Gasteiger charge is 2.32. The summed E-state index contributed by atoms with van der Waals surface area (Å²) in [5.74, 6) is -1.03. The summed E-state index contributed by atoms with van der Waals surface area (Å²) >= 11 is 0. The number of ether oxygens (including phenoxy) is 1. The number of nitriles is 1. The van der Waals surface area contributed by atoms with E-state index < -0.39 is 11.9 Å². The van der Waals surface area contributed by atoms with Crippen LogP contribution in [-0.2, 0) is 4.79 Å². The minimum atomic E-state index is -1.09. The van der Waals surface area contributed by atoms with Crippen LogP contribution in [0.5, 0.6) is 5.75 Å². The number of carboxylic acid groups (broad SMARTS) is 1. The van der Waals surface area contributed by atoms with Crippen LogP contribution in [-0.4, -0.2) is 29.3 Å². The Balaban J connectivity index is 1.82. The molecule has 4 rings (SSSR count). The van der Waals surface area contributed by atoms with Gasteiger partial charge in [-0.05, 0) is 30.3 Å². The predicted octanol–water partition coefficient (Wildman–Crippen LogP) is 4.12. The molecule has 0 saturated carbocycles. The van der Waals surface area contributed by atoms with Gasteiger partial charge >= 0.3 is 5.97 Å². The van der Waals surface area contributed by atoms with Gasteiger partial charge < -0.3 is 9.84 Å². The first-order chi connectivity index (χ1) is 15.6. The molecule has 1 N–H and O–H groups in total. The summed E-state index contributed by atoms with van der Waals surface area (Å²) in [5.41, 5.74) is 2.53. The van der Waals surface area contributed by atoms with Crippen LogP contribution in [0.15, 0.2) is 89.5 Å². The fourth-order valence-corrected chi connectivity index (χ4v) is 3.30. The first-order valence-electron chi connectivity index (χ1n) is 9.71. The van der Waals surface area contributed by atoms with E-state index in [4.69, 9.17) is 10.00 Å². The van der Waals surface area contributed by atoms with Crippen molar-refractivity contribution in [2.75, 3.05) is 11.6 Å². The highest BCUT2D eigenvalue weighted by atomic mass is 16.5. The molecule has 0 aromatic heterocycles. The molecule has 156 valence electrons. The minimum absolute atomic E-state index is 0.0550. The molecule has 0 fully saturated rings. The lowest BCUT2D eigenvalue weighted by Crippen LogP contribution is -2.21. The third kappa shape index (κ3) is 4.11. The summed E-state index contributed by atoms with van der Waals surface area (Å²) in [6, 6.07) is 24.3. The summed E-state index contributed by atoms with van der Waals surface area (Å²) < 4.78 is 5.49. The largest absolute Gasteiger partial charge is 0.478 e. The van der Waals surface area contributed by atoms with Gasteiger partial charge in [0.25, 0.3) is 5.91 Å². The molecule has 0 bridgehead atoms. The fourth-order valence-electron chi connectivity index (χ4n) is 3.30. The van der Waals surface area contributed by atoms with E-state index in [1.165, 1.54) is 17.1 Å². The maximum atomic E-state index is 13.4. The van der Waals surface area contributed by atoms with E-state index in [0.29, 0.717) is 28.3 Å². The molecule has 7 nitrogen and oxygen atoms in total. The van der Waals surface area contributed by atoms with Crippen LogP contribution >= 0.6 is 0 Å². The molecular formula is C25H17N3O4. The van der Waals surface area contributed by atoms with Crippen molar-refractivity contribution in [2.45, 2.75) is 0 Å². The van der Waals surface area contributed by atoms with Crippen molar-refractivity contribution in [3.8, 4) is 11.8 Å². The number of para-hydroxylation sites is 1. The maximum absolute atomic E-state index is 13.4. The third-order valence-electron chi connectivity index (χ3n) is 4.77. The average molecular weight is 423 g/mol. The Bertz CT molecular complexity index is 1290. The number of aromatic carboxylic acids is 1. The van der Waals surface area contributed by atoms with Gasteiger partial charge in [0.1, 0.15) is 17.5 Å². The van der Waals surface area contributed by atoms with Gasteiger partial charge in [0.15, 0.2) is 6.61 Å². The number of benzene rings is 3. The molecule has 0 atom stereocenters. The number of anilines is 1. The zero-order valence-corrected chi connectivity index (χ0v) is 16.8. The summed E-state index contributed by atoms with van der Waals surface area (Å²) in [5, 5.41) is 23.9. The third-order valence-corrected chi connectivity index (χ3v) is 4.77. The average Bonchev–Trinajstić information content (AvgIpc) is 3.15. The highest BCUT2D eigenvalue weighted by molar-refractivity contribution is 6.37. The van der Waals surface area contributed by atoms with Crippen molar-refractivity contribution >= 4 is 29.4 Å². The van der Waals surface area contributed by atoms with Crippen molar-refractivity contribution < 1.29 is 19.4 Å². The van der Waals surface area contributed by atoms with Gasteiger partial charge in [-0.2, -0.15) is 15.4 Å². The molecule has 0 spiro atoms. The molecular weight excluding hydrogens is 406 g/mol. The van der Waals surface area contributed by atoms with Gasteiger partial charge in [0.2, 0.25) is 0 Å². The second-order valence-electron chi connectivity index (χ2n) is 6.83. The van der Waals surface area contributed by atoms with Gasteiger partial charge in [0.05, 0.1) is 16.8 Å². The van der Waals surface area contributed by atoms with E-state index in [-0.39, 0.29) is 12.2 Å². The van der Waals surface area contributed by atoms with E-state index in [9.17, 15) is 14.7 Å². The standard InChI is InChI=1S/C25H17N3O4/c26-13-14-32-22-12-5-4-9-18(22)16-21-23(17-7-2-1-3-8-17)27-28(24(21)29)20-11-6-10-19(15-20)25(30)31/h1-12,15-16H,14H2,(H,30,31)/b21-16-. The van der Waals surface area contributed by atoms with Gasteiger partial charge in [-0.1, -0.05) is 54.6 Å². The lowest BCUT2D eigenvalue weighted by molar-refractivity contribution is -0.114. The molecule has 3 aromatic rings. The zero-order chi connectivity index (χ0) is 22.5. The quantitative estimate of drug-likeness (QED) is 0.601. The molecule has 1 aliphatic rings. The first kappa shape index (κ1) is 20.6.